The number of carbonyl (C=O) groups is 2. The second-order valence-corrected chi connectivity index (χ2v) is 3.79. The van der Waals surface area contributed by atoms with Crippen LogP contribution in [0, 0.1) is 0 Å². The fourth-order valence-electron chi connectivity index (χ4n) is 1.39. The predicted octanol–water partition coefficient (Wildman–Crippen LogP) is 0.389. The summed E-state index contributed by atoms with van der Waals surface area (Å²) in [5.74, 6) is -1.76. The minimum absolute atomic E-state index is 0.185. The van der Waals surface area contributed by atoms with Gasteiger partial charge >= 0.3 is 23.9 Å². The number of aromatic nitrogens is 3. The Morgan fingerprint density at radius 2 is 1.68 bits per heavy atom. The van der Waals surface area contributed by atoms with Gasteiger partial charge in [-0.15, -0.1) is 10.2 Å². The Kier molecular flexibility index (Phi) is 5.54. The molecule has 1 aromatic heterocycles. The predicted molar refractivity (Wildman–Crippen MR) is 65.0 cm³/mol. The number of carbonyl (C=O) groups excluding carboxylic acids is 2. The standard InChI is InChI=1S/C10H14F3N5O4/c1-3-21-7(19)9(10(11,12)13,16-8(20)22-4-2)17-18-5-14-15-6-18/h5-6,17H,3-4H2,1-2H3,(H,16,20). The van der Waals surface area contributed by atoms with Crippen molar-refractivity contribution in [1.29, 1.82) is 0 Å². The first-order valence-corrected chi connectivity index (χ1v) is 6.08. The Bertz CT molecular complexity index is 507. The van der Waals surface area contributed by atoms with Crippen LogP contribution in [0.3, 0.4) is 0 Å². The minimum Gasteiger partial charge on any atom is -0.463 e. The van der Waals surface area contributed by atoms with Gasteiger partial charge in [-0.2, -0.15) is 13.2 Å². The van der Waals surface area contributed by atoms with E-state index in [1.54, 1.807) is 5.43 Å². The molecule has 0 radical (unpaired) electrons. The van der Waals surface area contributed by atoms with Crippen LogP contribution in [0.5, 0.6) is 0 Å². The zero-order chi connectivity index (χ0) is 16.8. The van der Waals surface area contributed by atoms with Gasteiger partial charge in [0.2, 0.25) is 0 Å². The first-order chi connectivity index (χ1) is 10.3. The summed E-state index contributed by atoms with van der Waals surface area (Å²) in [6.45, 7) is 2.20. The number of amides is 1. The average Bonchev–Trinajstić information content (AvgIpc) is 2.89. The number of alkyl halides is 3. The lowest BCUT2D eigenvalue weighted by Gasteiger charge is -2.34. The van der Waals surface area contributed by atoms with Gasteiger partial charge in [-0.25, -0.2) is 14.3 Å². The van der Waals surface area contributed by atoms with Gasteiger partial charge in [-0.3, -0.25) is 10.7 Å². The molecule has 0 saturated heterocycles. The zero-order valence-corrected chi connectivity index (χ0v) is 11.7. The van der Waals surface area contributed by atoms with Gasteiger partial charge in [0.15, 0.2) is 0 Å². The summed E-state index contributed by atoms with van der Waals surface area (Å²) in [5.41, 5.74) is -1.79. The van der Waals surface area contributed by atoms with E-state index in [4.69, 9.17) is 0 Å². The first kappa shape index (κ1) is 17.5. The smallest absolute Gasteiger partial charge is 0.443 e. The van der Waals surface area contributed by atoms with Crippen molar-refractivity contribution in [2.24, 2.45) is 0 Å². The molecule has 1 aromatic rings. The highest BCUT2D eigenvalue weighted by atomic mass is 19.4. The van der Waals surface area contributed by atoms with Crippen molar-refractivity contribution < 1.29 is 32.2 Å². The molecule has 0 bridgehead atoms. The summed E-state index contributed by atoms with van der Waals surface area (Å²) in [7, 11) is 0. The summed E-state index contributed by atoms with van der Waals surface area (Å²) in [4.78, 5) is 23.3. The van der Waals surface area contributed by atoms with E-state index in [-0.39, 0.29) is 13.2 Å². The van der Waals surface area contributed by atoms with E-state index in [0.29, 0.717) is 4.68 Å². The average molecular weight is 325 g/mol. The van der Waals surface area contributed by atoms with Crippen LogP contribution in [0.15, 0.2) is 12.7 Å². The third-order valence-electron chi connectivity index (χ3n) is 2.29. The van der Waals surface area contributed by atoms with Crippen molar-refractivity contribution in [2.75, 3.05) is 18.6 Å². The Morgan fingerprint density at radius 3 is 2.14 bits per heavy atom. The largest absolute Gasteiger partial charge is 0.463 e. The Morgan fingerprint density at radius 1 is 1.14 bits per heavy atom. The molecule has 2 N–H and O–H groups in total. The lowest BCUT2D eigenvalue weighted by atomic mass is 10.1. The molecule has 124 valence electrons. The van der Waals surface area contributed by atoms with Crippen LogP contribution in [0.25, 0.3) is 0 Å². The van der Waals surface area contributed by atoms with E-state index >= 15 is 0 Å². The molecule has 0 aliphatic rings. The van der Waals surface area contributed by atoms with Gasteiger partial charge in [0.05, 0.1) is 13.2 Å². The summed E-state index contributed by atoms with van der Waals surface area (Å²) in [6.07, 6.45) is -4.96. The number of nitrogens with one attached hydrogen (secondary N) is 2. The van der Waals surface area contributed by atoms with Crippen LogP contribution in [-0.4, -0.2) is 52.0 Å². The lowest BCUT2D eigenvalue weighted by Crippen LogP contribution is -2.71. The maximum Gasteiger partial charge on any atom is 0.443 e. The third-order valence-corrected chi connectivity index (χ3v) is 2.29. The monoisotopic (exact) mass is 325 g/mol. The SMILES string of the molecule is CCOC(=O)NC(Nn1cnnc1)(C(=O)OCC)C(F)(F)F. The molecule has 9 nitrogen and oxygen atoms in total. The molecule has 1 atom stereocenters. The van der Waals surface area contributed by atoms with Crippen molar-refractivity contribution in [1.82, 2.24) is 20.2 Å². The molecule has 22 heavy (non-hydrogen) atoms. The van der Waals surface area contributed by atoms with Crippen LogP contribution in [-0.2, 0) is 14.3 Å². The van der Waals surface area contributed by atoms with Crippen LogP contribution in [0.2, 0.25) is 0 Å². The Hall–Kier alpha value is -2.53. The van der Waals surface area contributed by atoms with Crippen molar-refractivity contribution in [3.63, 3.8) is 0 Å². The number of alkyl carbamates (subject to hydrolysis) is 1. The second-order valence-electron chi connectivity index (χ2n) is 3.79. The molecule has 0 spiro atoms. The van der Waals surface area contributed by atoms with Gasteiger partial charge in [0.1, 0.15) is 12.7 Å². The summed E-state index contributed by atoms with van der Waals surface area (Å²) >= 11 is 0. The van der Waals surface area contributed by atoms with Crippen molar-refractivity contribution >= 4 is 12.1 Å². The molecule has 1 heterocycles. The third kappa shape index (κ3) is 3.77. The minimum atomic E-state index is -5.24. The number of halogens is 3. The molecule has 1 amide bonds. The van der Waals surface area contributed by atoms with Crippen LogP contribution >= 0.6 is 0 Å². The van der Waals surface area contributed by atoms with E-state index in [0.717, 1.165) is 12.7 Å². The summed E-state index contributed by atoms with van der Waals surface area (Å²) in [6, 6.07) is 0. The number of hydrogen-bond donors (Lipinski definition) is 2. The van der Waals surface area contributed by atoms with Gasteiger partial charge in [0.25, 0.3) is 0 Å². The molecule has 1 rings (SSSR count). The fourth-order valence-corrected chi connectivity index (χ4v) is 1.39. The molecule has 1 unspecified atom stereocenters. The second kappa shape index (κ2) is 6.95. The van der Waals surface area contributed by atoms with Gasteiger partial charge in [-0.1, -0.05) is 0 Å². The lowest BCUT2D eigenvalue weighted by molar-refractivity contribution is -0.207. The van der Waals surface area contributed by atoms with Gasteiger partial charge in [0, 0.05) is 0 Å². The molecule has 0 aromatic carbocycles. The normalized spacial score (nSPS) is 13.9. The first-order valence-electron chi connectivity index (χ1n) is 6.08. The fraction of sp³-hybridized carbons (Fsp3) is 0.600. The molecule has 0 saturated carbocycles. The topological polar surface area (TPSA) is 107 Å². The summed E-state index contributed by atoms with van der Waals surface area (Å²) in [5, 5.41) is 8.04. The van der Waals surface area contributed by atoms with Gasteiger partial charge in [-0.05, 0) is 13.8 Å². The number of esters is 1. The van der Waals surface area contributed by atoms with Crippen LogP contribution < -0.4 is 10.7 Å². The van der Waals surface area contributed by atoms with E-state index in [1.807, 2.05) is 0 Å². The van der Waals surface area contributed by atoms with Crippen molar-refractivity contribution in [2.45, 2.75) is 25.7 Å². The number of ether oxygens (including phenoxy) is 2. The maximum absolute atomic E-state index is 13.5. The van der Waals surface area contributed by atoms with Crippen molar-refractivity contribution in [3.8, 4) is 0 Å². The number of rotatable bonds is 6. The number of hydrogen-bond acceptors (Lipinski definition) is 7. The Balaban J connectivity index is 3.23. The summed E-state index contributed by atoms with van der Waals surface area (Å²) < 4.78 is 49.8. The zero-order valence-electron chi connectivity index (χ0n) is 11.7. The quantitative estimate of drug-likeness (QED) is 0.575. The van der Waals surface area contributed by atoms with Crippen LogP contribution in [0.4, 0.5) is 18.0 Å². The highest BCUT2D eigenvalue weighted by Gasteiger charge is 2.64. The number of nitrogens with zero attached hydrogens (tertiary/aromatic N) is 3. The highest BCUT2D eigenvalue weighted by Crippen LogP contribution is 2.30. The molecule has 0 fully saturated rings. The van der Waals surface area contributed by atoms with E-state index in [9.17, 15) is 22.8 Å². The van der Waals surface area contributed by atoms with E-state index in [1.165, 1.54) is 19.2 Å². The molecular formula is C10H14F3N5O4. The Labute approximate surface area is 122 Å². The molecule has 0 aliphatic carbocycles. The van der Waals surface area contributed by atoms with E-state index < -0.39 is 23.9 Å². The molecule has 0 aliphatic heterocycles. The van der Waals surface area contributed by atoms with Gasteiger partial charge < -0.3 is 9.47 Å². The maximum atomic E-state index is 13.5. The van der Waals surface area contributed by atoms with E-state index in [2.05, 4.69) is 19.7 Å². The molecule has 12 heteroatoms. The highest BCUT2D eigenvalue weighted by molar-refractivity contribution is 5.87. The molecular weight excluding hydrogens is 311 g/mol. The van der Waals surface area contributed by atoms with Crippen molar-refractivity contribution in [3.05, 3.63) is 12.7 Å². The van der Waals surface area contributed by atoms with Crippen LogP contribution in [0.1, 0.15) is 13.8 Å².